The molecule has 0 aromatic heterocycles. The summed E-state index contributed by atoms with van der Waals surface area (Å²) in [4.78, 5) is 23.9. The molecule has 0 fully saturated rings. The first kappa shape index (κ1) is 15.5. The van der Waals surface area contributed by atoms with Crippen molar-refractivity contribution in [2.75, 3.05) is 19.6 Å². The van der Waals surface area contributed by atoms with Gasteiger partial charge in [-0.05, 0) is 26.2 Å². The van der Waals surface area contributed by atoms with Crippen LogP contribution in [0.25, 0.3) is 0 Å². The van der Waals surface area contributed by atoms with Crippen molar-refractivity contribution in [1.82, 2.24) is 10.2 Å². The molecule has 0 radical (unpaired) electrons. The summed E-state index contributed by atoms with van der Waals surface area (Å²) in [7, 11) is 0. The largest absolute Gasteiger partial charge is 0.481 e. The first-order valence-electron chi connectivity index (χ1n) is 7.00. The molecule has 0 spiro atoms. The molecule has 0 saturated heterocycles. The lowest BCUT2D eigenvalue weighted by Crippen LogP contribution is -2.42. The van der Waals surface area contributed by atoms with Crippen LogP contribution in [-0.4, -0.2) is 41.6 Å². The van der Waals surface area contributed by atoms with Crippen LogP contribution in [0.5, 0.6) is 0 Å². The molecule has 5 nitrogen and oxygen atoms in total. The Balaban J connectivity index is 2.00. The molecule has 2 amide bonds. The zero-order valence-corrected chi connectivity index (χ0v) is 11.7. The highest BCUT2D eigenvalue weighted by Gasteiger charge is 2.14. The lowest BCUT2D eigenvalue weighted by Gasteiger charge is -2.25. The van der Waals surface area contributed by atoms with Crippen molar-refractivity contribution in [3.63, 3.8) is 0 Å². The number of nitrogens with one attached hydrogen (secondary N) is 1. The predicted molar refractivity (Wildman–Crippen MR) is 74.1 cm³/mol. The highest BCUT2D eigenvalue weighted by molar-refractivity contribution is 5.74. The molecule has 0 bridgehead atoms. The second-order valence-corrected chi connectivity index (χ2v) is 5.04. The molecule has 19 heavy (non-hydrogen) atoms. The Kier molecular flexibility index (Phi) is 7.00. The minimum atomic E-state index is -0.734. The van der Waals surface area contributed by atoms with E-state index in [9.17, 15) is 9.59 Å². The fourth-order valence-electron chi connectivity index (χ4n) is 2.02. The molecule has 1 aliphatic rings. The molecule has 0 atom stereocenters. The Labute approximate surface area is 114 Å². The Morgan fingerprint density at radius 1 is 1.32 bits per heavy atom. The highest BCUT2D eigenvalue weighted by atomic mass is 16.4. The van der Waals surface area contributed by atoms with Crippen LogP contribution in [0.1, 0.15) is 45.4 Å². The molecule has 0 aromatic carbocycles. The number of unbranched alkanes of at least 4 members (excludes halogenated alkanes) is 3. The van der Waals surface area contributed by atoms with E-state index in [1.54, 1.807) is 0 Å². The number of nitrogens with zero attached hydrogens (tertiary/aromatic N) is 1. The number of hydrogen-bond donors (Lipinski definition) is 2. The zero-order valence-electron chi connectivity index (χ0n) is 11.7. The van der Waals surface area contributed by atoms with Gasteiger partial charge in [-0.1, -0.05) is 24.5 Å². The molecule has 1 rings (SSSR count). The van der Waals surface area contributed by atoms with Crippen LogP contribution in [0.3, 0.4) is 0 Å². The van der Waals surface area contributed by atoms with Gasteiger partial charge in [0.15, 0.2) is 0 Å². The number of carboxylic acid groups (broad SMARTS) is 1. The molecule has 0 aliphatic carbocycles. The van der Waals surface area contributed by atoms with Gasteiger partial charge in [-0.25, -0.2) is 4.79 Å². The van der Waals surface area contributed by atoms with Gasteiger partial charge in [-0.3, -0.25) is 4.79 Å². The number of carbonyl (C=O) groups excluding carboxylic acids is 1. The van der Waals surface area contributed by atoms with Gasteiger partial charge in [0.2, 0.25) is 0 Å². The maximum atomic E-state index is 11.8. The summed E-state index contributed by atoms with van der Waals surface area (Å²) in [5, 5.41) is 11.4. The topological polar surface area (TPSA) is 69.6 Å². The minimum Gasteiger partial charge on any atom is -0.481 e. The van der Waals surface area contributed by atoms with Gasteiger partial charge >= 0.3 is 12.0 Å². The van der Waals surface area contributed by atoms with E-state index in [4.69, 9.17) is 5.11 Å². The Morgan fingerprint density at radius 3 is 2.68 bits per heavy atom. The predicted octanol–water partition coefficient (Wildman–Crippen LogP) is 2.38. The summed E-state index contributed by atoms with van der Waals surface area (Å²) in [6.45, 7) is 4.26. The highest BCUT2D eigenvalue weighted by Crippen LogP contribution is 2.09. The van der Waals surface area contributed by atoms with E-state index >= 15 is 0 Å². The summed E-state index contributed by atoms with van der Waals surface area (Å²) in [5.74, 6) is -0.734. The number of amides is 2. The summed E-state index contributed by atoms with van der Waals surface area (Å²) in [6.07, 6.45) is 6.80. The molecule has 0 unspecified atom stereocenters. The van der Waals surface area contributed by atoms with E-state index in [-0.39, 0.29) is 12.5 Å². The summed E-state index contributed by atoms with van der Waals surface area (Å²) in [5.41, 5.74) is 1.35. The molecule has 1 heterocycles. The first-order valence-corrected chi connectivity index (χ1v) is 7.00. The molecule has 0 saturated carbocycles. The van der Waals surface area contributed by atoms with Crippen molar-refractivity contribution in [2.24, 2.45) is 0 Å². The van der Waals surface area contributed by atoms with E-state index in [0.717, 1.165) is 38.6 Å². The summed E-state index contributed by atoms with van der Waals surface area (Å²) in [6, 6.07) is 0.00860. The number of hydrogen-bond acceptors (Lipinski definition) is 2. The van der Waals surface area contributed by atoms with Crippen LogP contribution in [0.15, 0.2) is 11.6 Å². The molecule has 0 aromatic rings. The molecular weight excluding hydrogens is 244 g/mol. The Morgan fingerprint density at radius 2 is 2.05 bits per heavy atom. The third-order valence-corrected chi connectivity index (χ3v) is 3.32. The molecule has 108 valence electrons. The smallest absolute Gasteiger partial charge is 0.317 e. The van der Waals surface area contributed by atoms with Gasteiger partial charge in [-0.15, -0.1) is 0 Å². The van der Waals surface area contributed by atoms with E-state index in [1.807, 2.05) is 4.90 Å². The quantitative estimate of drug-likeness (QED) is 0.550. The second kappa shape index (κ2) is 8.56. The fraction of sp³-hybridized carbons (Fsp3) is 0.714. The van der Waals surface area contributed by atoms with E-state index in [1.165, 1.54) is 5.57 Å². The molecule has 1 aliphatic heterocycles. The molecule has 5 heteroatoms. The number of carboxylic acids is 1. The number of rotatable bonds is 7. The minimum absolute atomic E-state index is 0.00860. The Hall–Kier alpha value is -1.52. The van der Waals surface area contributed by atoms with Crippen LogP contribution >= 0.6 is 0 Å². The average molecular weight is 268 g/mol. The Bertz CT molecular complexity index is 340. The third kappa shape index (κ3) is 6.84. The third-order valence-electron chi connectivity index (χ3n) is 3.32. The summed E-state index contributed by atoms with van der Waals surface area (Å²) >= 11 is 0. The van der Waals surface area contributed by atoms with Gasteiger partial charge < -0.3 is 15.3 Å². The van der Waals surface area contributed by atoms with Crippen molar-refractivity contribution in [2.45, 2.75) is 45.4 Å². The maximum Gasteiger partial charge on any atom is 0.317 e. The van der Waals surface area contributed by atoms with Gasteiger partial charge in [0.1, 0.15) is 0 Å². The molecular formula is C14H24N2O3. The number of aliphatic carboxylic acids is 1. The van der Waals surface area contributed by atoms with Crippen LogP contribution < -0.4 is 5.32 Å². The van der Waals surface area contributed by atoms with Crippen LogP contribution in [0.2, 0.25) is 0 Å². The van der Waals surface area contributed by atoms with E-state index in [0.29, 0.717) is 13.1 Å². The fourth-order valence-corrected chi connectivity index (χ4v) is 2.02. The van der Waals surface area contributed by atoms with Gasteiger partial charge in [0.25, 0.3) is 0 Å². The standard InChI is InChI=1S/C14H24N2O3/c1-12-7-10-16(11-8-12)14(19)15-9-5-3-2-4-6-13(17)18/h7H,2-6,8-11H2,1H3,(H,15,19)(H,17,18). The van der Waals surface area contributed by atoms with Crippen molar-refractivity contribution in [3.05, 3.63) is 11.6 Å². The van der Waals surface area contributed by atoms with Gasteiger partial charge in [0.05, 0.1) is 0 Å². The summed E-state index contributed by atoms with van der Waals surface area (Å²) < 4.78 is 0. The second-order valence-electron chi connectivity index (χ2n) is 5.04. The monoisotopic (exact) mass is 268 g/mol. The molecule has 2 N–H and O–H groups in total. The average Bonchev–Trinajstić information content (AvgIpc) is 2.38. The van der Waals surface area contributed by atoms with Crippen LogP contribution in [0.4, 0.5) is 4.79 Å². The van der Waals surface area contributed by atoms with Crippen molar-refractivity contribution >= 4 is 12.0 Å². The normalized spacial score (nSPS) is 15.0. The SMILES string of the molecule is CC1=CCN(C(=O)NCCCCCCC(=O)O)CC1. The van der Waals surface area contributed by atoms with Gasteiger partial charge in [-0.2, -0.15) is 0 Å². The van der Waals surface area contributed by atoms with Crippen molar-refractivity contribution in [1.29, 1.82) is 0 Å². The van der Waals surface area contributed by atoms with Crippen LogP contribution in [-0.2, 0) is 4.79 Å². The zero-order chi connectivity index (χ0) is 14.1. The van der Waals surface area contributed by atoms with E-state index in [2.05, 4.69) is 18.3 Å². The van der Waals surface area contributed by atoms with Crippen molar-refractivity contribution < 1.29 is 14.7 Å². The van der Waals surface area contributed by atoms with Crippen LogP contribution in [0, 0.1) is 0 Å². The lowest BCUT2D eigenvalue weighted by atomic mass is 10.1. The number of carbonyl (C=O) groups is 2. The van der Waals surface area contributed by atoms with Crippen molar-refractivity contribution in [3.8, 4) is 0 Å². The maximum absolute atomic E-state index is 11.8. The van der Waals surface area contributed by atoms with E-state index < -0.39 is 5.97 Å². The first-order chi connectivity index (χ1) is 9.09. The lowest BCUT2D eigenvalue weighted by molar-refractivity contribution is -0.137. The van der Waals surface area contributed by atoms with Gasteiger partial charge in [0, 0.05) is 26.1 Å². The number of urea groups is 1.